The Kier molecular flexibility index (Phi) is 2.98. The molecule has 66 valence electrons. The predicted molar refractivity (Wildman–Crippen MR) is 50.5 cm³/mol. The van der Waals surface area contributed by atoms with Gasteiger partial charge < -0.3 is 0 Å². The summed E-state index contributed by atoms with van der Waals surface area (Å²) in [6.07, 6.45) is 4.19. The van der Waals surface area contributed by atoms with Crippen molar-refractivity contribution in [3.63, 3.8) is 0 Å². The molecule has 0 aromatic heterocycles. The highest BCUT2D eigenvalue weighted by Gasteiger charge is 2.48. The van der Waals surface area contributed by atoms with Gasteiger partial charge in [0.2, 0.25) is 0 Å². The fraction of sp³-hybridized carbons (Fsp3) is 1.00. The van der Waals surface area contributed by atoms with Crippen LogP contribution in [-0.2, 0) is 0 Å². The molecule has 0 radical (unpaired) electrons. The monoisotopic (exact) mass is 154 g/mol. The molecule has 0 bridgehead atoms. The summed E-state index contributed by atoms with van der Waals surface area (Å²) in [7, 11) is 0. The topological polar surface area (TPSA) is 0 Å². The van der Waals surface area contributed by atoms with E-state index < -0.39 is 0 Å². The molecular formula is C11H22. The van der Waals surface area contributed by atoms with Crippen molar-refractivity contribution >= 4 is 0 Å². The van der Waals surface area contributed by atoms with Crippen molar-refractivity contribution in [1.29, 1.82) is 0 Å². The van der Waals surface area contributed by atoms with E-state index in [-0.39, 0.29) is 0 Å². The van der Waals surface area contributed by atoms with Gasteiger partial charge in [0.1, 0.15) is 0 Å². The molecule has 3 unspecified atom stereocenters. The average Bonchev–Trinajstić information content (AvgIpc) is 2.76. The lowest BCUT2D eigenvalue weighted by molar-refractivity contribution is 0.442. The van der Waals surface area contributed by atoms with Crippen LogP contribution in [0.4, 0.5) is 0 Å². The van der Waals surface area contributed by atoms with Crippen molar-refractivity contribution in [2.45, 2.75) is 47.0 Å². The number of rotatable bonds is 4. The van der Waals surface area contributed by atoms with E-state index in [1.807, 2.05) is 0 Å². The van der Waals surface area contributed by atoms with Crippen molar-refractivity contribution in [2.24, 2.45) is 23.7 Å². The Morgan fingerprint density at radius 2 is 1.45 bits per heavy atom. The maximum absolute atomic E-state index is 2.42. The van der Waals surface area contributed by atoms with E-state index in [0.29, 0.717) is 0 Å². The van der Waals surface area contributed by atoms with Crippen LogP contribution >= 0.6 is 0 Å². The van der Waals surface area contributed by atoms with Crippen LogP contribution in [0.5, 0.6) is 0 Å². The first-order chi connectivity index (χ1) is 5.26. The lowest BCUT2D eigenvalue weighted by Gasteiger charge is -2.06. The molecule has 3 atom stereocenters. The fourth-order valence-corrected chi connectivity index (χ4v) is 2.74. The third kappa shape index (κ3) is 1.60. The van der Waals surface area contributed by atoms with Crippen LogP contribution in [0.3, 0.4) is 0 Å². The van der Waals surface area contributed by atoms with Gasteiger partial charge in [0.25, 0.3) is 0 Å². The maximum Gasteiger partial charge on any atom is -0.0326 e. The van der Waals surface area contributed by atoms with Gasteiger partial charge in [-0.3, -0.25) is 0 Å². The molecule has 1 saturated carbocycles. The highest BCUT2D eigenvalue weighted by atomic mass is 14.5. The van der Waals surface area contributed by atoms with Gasteiger partial charge in [0, 0.05) is 0 Å². The quantitative estimate of drug-likeness (QED) is 0.579. The first-order valence-corrected chi connectivity index (χ1v) is 5.26. The summed E-state index contributed by atoms with van der Waals surface area (Å²) in [6.45, 7) is 9.43. The molecule has 0 aromatic rings. The Labute approximate surface area is 71.4 Å². The van der Waals surface area contributed by atoms with Gasteiger partial charge in [-0.2, -0.15) is 0 Å². The summed E-state index contributed by atoms with van der Waals surface area (Å²) in [5.74, 6) is 4.21. The molecule has 0 saturated heterocycles. The molecule has 1 rings (SSSR count). The SMILES string of the molecule is CCC(C)C1C(CC)C1CC. The Morgan fingerprint density at radius 3 is 1.73 bits per heavy atom. The minimum Gasteiger partial charge on any atom is -0.0651 e. The molecule has 11 heavy (non-hydrogen) atoms. The molecule has 0 aromatic carbocycles. The van der Waals surface area contributed by atoms with Gasteiger partial charge >= 0.3 is 0 Å². The van der Waals surface area contributed by atoms with Crippen LogP contribution in [0.15, 0.2) is 0 Å². The summed E-state index contributed by atoms with van der Waals surface area (Å²) in [4.78, 5) is 0. The summed E-state index contributed by atoms with van der Waals surface area (Å²) in [5.41, 5.74) is 0. The van der Waals surface area contributed by atoms with E-state index in [0.717, 1.165) is 23.7 Å². The van der Waals surface area contributed by atoms with E-state index in [4.69, 9.17) is 0 Å². The summed E-state index contributed by atoms with van der Waals surface area (Å²) in [6, 6.07) is 0. The molecule has 0 N–H and O–H groups in total. The van der Waals surface area contributed by atoms with Gasteiger partial charge in [-0.25, -0.2) is 0 Å². The first-order valence-electron chi connectivity index (χ1n) is 5.26. The third-order valence-corrected chi connectivity index (χ3v) is 3.64. The summed E-state index contributed by atoms with van der Waals surface area (Å²) in [5, 5.41) is 0. The zero-order valence-corrected chi connectivity index (χ0v) is 8.43. The smallest absolute Gasteiger partial charge is 0.0326 e. The van der Waals surface area contributed by atoms with Gasteiger partial charge in [0.15, 0.2) is 0 Å². The van der Waals surface area contributed by atoms with Crippen LogP contribution in [0.2, 0.25) is 0 Å². The molecule has 0 aliphatic heterocycles. The van der Waals surface area contributed by atoms with Crippen molar-refractivity contribution < 1.29 is 0 Å². The lowest BCUT2D eigenvalue weighted by Crippen LogP contribution is -1.97. The Balaban J connectivity index is 2.37. The van der Waals surface area contributed by atoms with E-state index >= 15 is 0 Å². The predicted octanol–water partition coefficient (Wildman–Crippen LogP) is 3.71. The van der Waals surface area contributed by atoms with Gasteiger partial charge in [-0.05, 0) is 23.7 Å². The Bertz CT molecular complexity index is 107. The summed E-state index contributed by atoms with van der Waals surface area (Å²) < 4.78 is 0. The molecule has 1 aliphatic rings. The first kappa shape index (κ1) is 9.09. The van der Waals surface area contributed by atoms with E-state index in [1.165, 1.54) is 19.3 Å². The van der Waals surface area contributed by atoms with Gasteiger partial charge in [0.05, 0.1) is 0 Å². The molecule has 1 aliphatic carbocycles. The van der Waals surface area contributed by atoms with Crippen LogP contribution in [0.25, 0.3) is 0 Å². The third-order valence-electron chi connectivity index (χ3n) is 3.64. The zero-order valence-electron chi connectivity index (χ0n) is 8.43. The Morgan fingerprint density at radius 1 is 1.00 bits per heavy atom. The number of hydrogen-bond acceptors (Lipinski definition) is 0. The van der Waals surface area contributed by atoms with Crippen molar-refractivity contribution in [2.75, 3.05) is 0 Å². The normalized spacial score (nSPS) is 38.7. The minimum atomic E-state index is 0.977. The molecule has 1 fully saturated rings. The van der Waals surface area contributed by atoms with Crippen molar-refractivity contribution in [3.05, 3.63) is 0 Å². The molecule has 0 amide bonds. The second-order valence-electron chi connectivity index (χ2n) is 4.11. The fourth-order valence-electron chi connectivity index (χ4n) is 2.74. The van der Waals surface area contributed by atoms with Crippen LogP contribution in [-0.4, -0.2) is 0 Å². The highest BCUT2D eigenvalue weighted by Crippen LogP contribution is 2.55. The molecule has 0 spiro atoms. The molecule has 0 nitrogen and oxygen atoms in total. The van der Waals surface area contributed by atoms with Crippen LogP contribution < -0.4 is 0 Å². The van der Waals surface area contributed by atoms with E-state index in [1.54, 1.807) is 0 Å². The van der Waals surface area contributed by atoms with Crippen LogP contribution in [0.1, 0.15) is 47.0 Å². The largest absolute Gasteiger partial charge is 0.0651 e. The molecule has 0 heteroatoms. The minimum absolute atomic E-state index is 0.977. The number of hydrogen-bond donors (Lipinski definition) is 0. The molecule has 0 heterocycles. The highest BCUT2D eigenvalue weighted by molar-refractivity contribution is 4.97. The molecular weight excluding hydrogens is 132 g/mol. The average molecular weight is 154 g/mol. The second-order valence-corrected chi connectivity index (χ2v) is 4.11. The Hall–Kier alpha value is 0. The van der Waals surface area contributed by atoms with E-state index in [2.05, 4.69) is 27.7 Å². The second kappa shape index (κ2) is 3.60. The van der Waals surface area contributed by atoms with Crippen molar-refractivity contribution in [1.82, 2.24) is 0 Å². The standard InChI is InChI=1S/C11H22/c1-5-8(4)11-9(6-2)10(11)7-3/h8-11H,5-7H2,1-4H3. The van der Waals surface area contributed by atoms with Gasteiger partial charge in [-0.15, -0.1) is 0 Å². The lowest BCUT2D eigenvalue weighted by atomic mass is 10.00. The van der Waals surface area contributed by atoms with E-state index in [9.17, 15) is 0 Å². The van der Waals surface area contributed by atoms with Gasteiger partial charge in [-0.1, -0.05) is 47.0 Å². The summed E-state index contributed by atoms with van der Waals surface area (Å²) >= 11 is 0. The van der Waals surface area contributed by atoms with Crippen molar-refractivity contribution in [3.8, 4) is 0 Å². The maximum atomic E-state index is 2.42. The zero-order chi connectivity index (χ0) is 8.43. The van der Waals surface area contributed by atoms with Crippen LogP contribution in [0, 0.1) is 23.7 Å².